The number of hydrogen-bond acceptors (Lipinski definition) is 4. The fourth-order valence-corrected chi connectivity index (χ4v) is 2.68. The monoisotopic (exact) mass is 368 g/mol. The zero-order valence-corrected chi connectivity index (χ0v) is 16.5. The Morgan fingerprint density at radius 2 is 1.96 bits per heavy atom. The fraction of sp³-hybridized carbons (Fsp3) is 0.529. The van der Waals surface area contributed by atoms with Crippen molar-refractivity contribution in [2.45, 2.75) is 17.1 Å². The molecule has 134 valence electrons. The Hall–Kier alpha value is -1.34. The van der Waals surface area contributed by atoms with E-state index in [-0.39, 0.29) is 12.5 Å². The molecular formula is C17H28N4OS2. The quantitative estimate of drug-likeness (QED) is 0.303. The third-order valence-electron chi connectivity index (χ3n) is 3.24. The van der Waals surface area contributed by atoms with Crippen molar-refractivity contribution in [3.8, 4) is 0 Å². The molecule has 5 nitrogen and oxygen atoms in total. The van der Waals surface area contributed by atoms with E-state index in [0.717, 1.165) is 18.8 Å². The number of aliphatic imine (C=N–C) groups is 1. The molecule has 0 radical (unpaired) electrons. The number of rotatable bonds is 9. The van der Waals surface area contributed by atoms with Crippen molar-refractivity contribution in [1.29, 1.82) is 0 Å². The number of benzene rings is 1. The molecule has 0 aliphatic heterocycles. The average molecular weight is 369 g/mol. The van der Waals surface area contributed by atoms with Crippen LogP contribution in [0.3, 0.4) is 0 Å². The number of nitrogens with one attached hydrogen (secondary N) is 2. The van der Waals surface area contributed by atoms with Crippen molar-refractivity contribution in [2.24, 2.45) is 4.99 Å². The number of guanidine groups is 1. The number of hydrogen-bond donors (Lipinski definition) is 2. The van der Waals surface area contributed by atoms with Crippen LogP contribution in [0.2, 0.25) is 0 Å². The fourth-order valence-electron chi connectivity index (χ4n) is 1.64. The standard InChI is InChI=1S/C17H28N4OS2/c1-14(23-4)12-19-17(20-13-16(22)21(2)3)18-10-11-24-15-8-6-5-7-9-15/h5-9,14H,10-13H2,1-4H3,(H2,18,19,20). The van der Waals surface area contributed by atoms with E-state index in [9.17, 15) is 4.79 Å². The molecule has 0 aromatic heterocycles. The van der Waals surface area contributed by atoms with Crippen molar-refractivity contribution in [2.75, 3.05) is 45.7 Å². The number of nitrogens with zero attached hydrogens (tertiary/aromatic N) is 2. The van der Waals surface area contributed by atoms with E-state index < -0.39 is 0 Å². The van der Waals surface area contributed by atoms with Crippen molar-refractivity contribution < 1.29 is 4.79 Å². The van der Waals surface area contributed by atoms with Gasteiger partial charge in [-0.1, -0.05) is 25.1 Å². The highest BCUT2D eigenvalue weighted by Gasteiger charge is 2.06. The highest BCUT2D eigenvalue weighted by molar-refractivity contribution is 7.99. The number of carbonyl (C=O) groups is 1. The van der Waals surface area contributed by atoms with E-state index >= 15 is 0 Å². The highest BCUT2D eigenvalue weighted by atomic mass is 32.2. The van der Waals surface area contributed by atoms with Crippen LogP contribution in [0.25, 0.3) is 0 Å². The van der Waals surface area contributed by atoms with Gasteiger partial charge in [0.15, 0.2) is 5.96 Å². The molecular weight excluding hydrogens is 340 g/mol. The molecule has 1 aromatic rings. The Bertz CT molecular complexity index is 509. The van der Waals surface area contributed by atoms with Gasteiger partial charge in [-0.2, -0.15) is 11.8 Å². The summed E-state index contributed by atoms with van der Waals surface area (Å²) in [6.07, 6.45) is 2.09. The number of carbonyl (C=O) groups excluding carboxylic acids is 1. The molecule has 2 N–H and O–H groups in total. The Kier molecular flexibility index (Phi) is 10.4. The third-order valence-corrected chi connectivity index (χ3v) is 5.22. The van der Waals surface area contributed by atoms with Crippen LogP contribution < -0.4 is 10.6 Å². The molecule has 1 unspecified atom stereocenters. The molecule has 1 aromatic carbocycles. The van der Waals surface area contributed by atoms with Crippen LogP contribution >= 0.6 is 23.5 Å². The van der Waals surface area contributed by atoms with Crippen LogP contribution in [0.5, 0.6) is 0 Å². The molecule has 0 fully saturated rings. The van der Waals surface area contributed by atoms with Crippen molar-refractivity contribution in [3.63, 3.8) is 0 Å². The molecule has 0 aliphatic rings. The normalized spacial score (nSPS) is 12.6. The van der Waals surface area contributed by atoms with E-state index in [2.05, 4.69) is 40.9 Å². The largest absolute Gasteiger partial charge is 0.356 e. The lowest BCUT2D eigenvalue weighted by Crippen LogP contribution is -2.41. The van der Waals surface area contributed by atoms with Gasteiger partial charge >= 0.3 is 0 Å². The van der Waals surface area contributed by atoms with Crippen molar-refractivity contribution in [1.82, 2.24) is 15.5 Å². The van der Waals surface area contributed by atoms with E-state index in [4.69, 9.17) is 0 Å². The summed E-state index contributed by atoms with van der Waals surface area (Å²) in [7, 11) is 3.48. The van der Waals surface area contributed by atoms with Gasteiger partial charge < -0.3 is 15.5 Å². The summed E-state index contributed by atoms with van der Waals surface area (Å²) in [5, 5.41) is 7.09. The second-order valence-electron chi connectivity index (χ2n) is 5.47. The van der Waals surface area contributed by atoms with Gasteiger partial charge in [-0.3, -0.25) is 4.79 Å². The maximum atomic E-state index is 11.7. The summed E-state index contributed by atoms with van der Waals surface area (Å²) in [4.78, 5) is 18.9. The van der Waals surface area contributed by atoms with Gasteiger partial charge in [-0.25, -0.2) is 4.99 Å². The number of likely N-dealkylation sites (N-methyl/N-ethyl adjacent to an activating group) is 1. The van der Waals surface area contributed by atoms with E-state index in [0.29, 0.717) is 11.2 Å². The van der Waals surface area contributed by atoms with Crippen LogP contribution in [-0.2, 0) is 4.79 Å². The molecule has 1 atom stereocenters. The van der Waals surface area contributed by atoms with Crippen LogP contribution in [0.15, 0.2) is 40.2 Å². The van der Waals surface area contributed by atoms with Gasteiger partial charge in [-0.05, 0) is 18.4 Å². The zero-order valence-electron chi connectivity index (χ0n) is 14.9. The minimum atomic E-state index is -0.00678. The van der Waals surface area contributed by atoms with E-state index in [1.807, 2.05) is 18.2 Å². The summed E-state index contributed by atoms with van der Waals surface area (Å²) in [6.45, 7) is 3.91. The smallest absolute Gasteiger partial charge is 0.243 e. The van der Waals surface area contributed by atoms with Crippen LogP contribution in [0, 0.1) is 0 Å². The molecule has 0 saturated carbocycles. The van der Waals surface area contributed by atoms with Gasteiger partial charge in [0, 0.05) is 43.1 Å². The summed E-state index contributed by atoms with van der Waals surface area (Å²) in [5.41, 5.74) is 0. The first-order chi connectivity index (χ1) is 11.5. The first-order valence-corrected chi connectivity index (χ1v) is 10.2. The van der Waals surface area contributed by atoms with Crippen molar-refractivity contribution in [3.05, 3.63) is 30.3 Å². The lowest BCUT2D eigenvalue weighted by molar-refractivity contribution is -0.127. The maximum Gasteiger partial charge on any atom is 0.243 e. The first kappa shape index (κ1) is 20.7. The Morgan fingerprint density at radius 1 is 1.25 bits per heavy atom. The lowest BCUT2D eigenvalue weighted by Gasteiger charge is -2.16. The summed E-state index contributed by atoms with van der Waals surface area (Å²) in [5.74, 6) is 1.62. The van der Waals surface area contributed by atoms with Gasteiger partial charge in [0.05, 0.1) is 0 Å². The van der Waals surface area contributed by atoms with Crippen LogP contribution in [-0.4, -0.2) is 67.8 Å². The molecule has 7 heteroatoms. The van der Waals surface area contributed by atoms with Gasteiger partial charge in [0.2, 0.25) is 5.91 Å². The lowest BCUT2D eigenvalue weighted by atomic mass is 10.4. The minimum absolute atomic E-state index is 0.00678. The molecule has 0 aliphatic carbocycles. The van der Waals surface area contributed by atoms with Crippen LogP contribution in [0.1, 0.15) is 6.92 Å². The number of amides is 1. The zero-order chi connectivity index (χ0) is 17.8. The Labute approximate surface area is 154 Å². The van der Waals surface area contributed by atoms with Gasteiger partial charge in [-0.15, -0.1) is 11.8 Å². The SMILES string of the molecule is CSC(C)CNC(=NCC(=O)N(C)C)NCCSc1ccccc1. The molecule has 24 heavy (non-hydrogen) atoms. The average Bonchev–Trinajstić information content (AvgIpc) is 2.60. The van der Waals surface area contributed by atoms with E-state index in [1.165, 1.54) is 4.90 Å². The molecule has 0 heterocycles. The highest BCUT2D eigenvalue weighted by Crippen LogP contribution is 2.15. The first-order valence-electron chi connectivity index (χ1n) is 7.96. The van der Waals surface area contributed by atoms with E-state index in [1.54, 1.807) is 42.5 Å². The minimum Gasteiger partial charge on any atom is -0.356 e. The van der Waals surface area contributed by atoms with Crippen LogP contribution in [0.4, 0.5) is 0 Å². The maximum absolute atomic E-state index is 11.7. The predicted octanol–water partition coefficient (Wildman–Crippen LogP) is 2.15. The molecule has 1 amide bonds. The Balaban J connectivity index is 2.44. The Morgan fingerprint density at radius 3 is 2.58 bits per heavy atom. The predicted molar refractivity (Wildman–Crippen MR) is 107 cm³/mol. The summed E-state index contributed by atoms with van der Waals surface area (Å²) < 4.78 is 0. The molecule has 0 spiro atoms. The topological polar surface area (TPSA) is 56.7 Å². The summed E-state index contributed by atoms with van der Waals surface area (Å²) >= 11 is 3.59. The second-order valence-corrected chi connectivity index (χ2v) is 7.91. The molecule has 0 saturated heterocycles. The van der Waals surface area contributed by atoms with Gasteiger partial charge in [0.1, 0.15) is 6.54 Å². The summed E-state index contributed by atoms with van der Waals surface area (Å²) in [6, 6.07) is 10.3. The third kappa shape index (κ3) is 9.08. The molecule has 1 rings (SSSR count). The molecule has 0 bridgehead atoms. The van der Waals surface area contributed by atoms with Gasteiger partial charge in [0.25, 0.3) is 0 Å². The van der Waals surface area contributed by atoms with Crippen molar-refractivity contribution >= 4 is 35.4 Å². The number of thioether (sulfide) groups is 2. The second kappa shape index (κ2) is 12.1.